The highest BCUT2D eigenvalue weighted by molar-refractivity contribution is 5.80. The second-order valence-electron chi connectivity index (χ2n) is 7.37. The molecule has 3 nitrogen and oxygen atoms in total. The van der Waals surface area contributed by atoms with Crippen LogP contribution in [0.15, 0.2) is 0 Å². The molecule has 0 aromatic carbocycles. The Bertz CT molecular complexity index is 308. The SMILES string of the molecule is O=C([C@H]1CCCNC1)N(C1CCCCC1)C1CCCCC1. The highest BCUT2D eigenvalue weighted by atomic mass is 16.2. The van der Waals surface area contributed by atoms with Gasteiger partial charge in [0.25, 0.3) is 0 Å². The van der Waals surface area contributed by atoms with Crippen molar-refractivity contribution in [2.75, 3.05) is 13.1 Å². The fourth-order valence-corrected chi connectivity index (χ4v) is 4.65. The average Bonchev–Trinajstić information content (AvgIpc) is 2.58. The first kappa shape index (κ1) is 15.3. The number of carbonyl (C=O) groups is 1. The van der Waals surface area contributed by atoms with Gasteiger partial charge in [0.1, 0.15) is 0 Å². The highest BCUT2D eigenvalue weighted by Crippen LogP contribution is 2.32. The van der Waals surface area contributed by atoms with E-state index in [-0.39, 0.29) is 5.92 Å². The summed E-state index contributed by atoms with van der Waals surface area (Å²) in [6.45, 7) is 2.01. The van der Waals surface area contributed by atoms with Gasteiger partial charge in [0.2, 0.25) is 5.91 Å². The Balaban J connectivity index is 1.71. The van der Waals surface area contributed by atoms with Gasteiger partial charge >= 0.3 is 0 Å². The summed E-state index contributed by atoms with van der Waals surface area (Å²) < 4.78 is 0. The van der Waals surface area contributed by atoms with Crippen LogP contribution in [-0.2, 0) is 4.79 Å². The van der Waals surface area contributed by atoms with E-state index in [1.165, 1.54) is 70.6 Å². The molecule has 1 saturated heterocycles. The molecule has 1 heterocycles. The number of hydrogen-bond donors (Lipinski definition) is 1. The lowest BCUT2D eigenvalue weighted by Crippen LogP contribution is -2.53. The van der Waals surface area contributed by atoms with Crippen molar-refractivity contribution in [3.8, 4) is 0 Å². The van der Waals surface area contributed by atoms with Crippen molar-refractivity contribution in [2.24, 2.45) is 5.92 Å². The predicted molar refractivity (Wildman–Crippen MR) is 86.2 cm³/mol. The van der Waals surface area contributed by atoms with Crippen LogP contribution in [0.3, 0.4) is 0 Å². The smallest absolute Gasteiger partial charge is 0.227 e. The van der Waals surface area contributed by atoms with Crippen LogP contribution in [-0.4, -0.2) is 36.0 Å². The van der Waals surface area contributed by atoms with Gasteiger partial charge in [-0.25, -0.2) is 0 Å². The van der Waals surface area contributed by atoms with Gasteiger partial charge < -0.3 is 10.2 Å². The van der Waals surface area contributed by atoms with Crippen molar-refractivity contribution in [3.63, 3.8) is 0 Å². The van der Waals surface area contributed by atoms with E-state index >= 15 is 0 Å². The topological polar surface area (TPSA) is 32.3 Å². The van der Waals surface area contributed by atoms with Crippen LogP contribution in [0, 0.1) is 5.92 Å². The van der Waals surface area contributed by atoms with E-state index in [4.69, 9.17) is 0 Å². The number of amides is 1. The normalized spacial score (nSPS) is 29.2. The summed E-state index contributed by atoms with van der Waals surface area (Å²) in [4.78, 5) is 15.6. The van der Waals surface area contributed by atoms with Crippen LogP contribution < -0.4 is 5.32 Å². The molecule has 3 rings (SSSR count). The minimum atomic E-state index is 0.252. The molecule has 0 unspecified atom stereocenters. The van der Waals surface area contributed by atoms with Crippen LogP contribution in [0.1, 0.15) is 77.0 Å². The van der Waals surface area contributed by atoms with Crippen LogP contribution >= 0.6 is 0 Å². The quantitative estimate of drug-likeness (QED) is 0.863. The molecule has 1 aliphatic heterocycles. The second-order valence-corrected chi connectivity index (χ2v) is 7.37. The van der Waals surface area contributed by atoms with E-state index in [0.717, 1.165) is 19.5 Å². The highest BCUT2D eigenvalue weighted by Gasteiger charge is 2.36. The van der Waals surface area contributed by atoms with Crippen molar-refractivity contribution < 1.29 is 4.79 Å². The van der Waals surface area contributed by atoms with Crippen molar-refractivity contribution in [2.45, 2.75) is 89.1 Å². The molecule has 0 aromatic rings. The van der Waals surface area contributed by atoms with Gasteiger partial charge in [0.15, 0.2) is 0 Å². The Morgan fingerprint density at radius 1 is 0.762 bits per heavy atom. The Morgan fingerprint density at radius 3 is 1.81 bits per heavy atom. The summed E-state index contributed by atoms with van der Waals surface area (Å²) in [5, 5.41) is 3.43. The van der Waals surface area contributed by atoms with Gasteiger partial charge in [-0.15, -0.1) is 0 Å². The van der Waals surface area contributed by atoms with Gasteiger partial charge in [0.05, 0.1) is 5.92 Å². The van der Waals surface area contributed by atoms with Gasteiger partial charge in [-0.1, -0.05) is 38.5 Å². The van der Waals surface area contributed by atoms with Crippen LogP contribution in [0.5, 0.6) is 0 Å². The molecule has 2 aliphatic carbocycles. The molecule has 120 valence electrons. The van der Waals surface area contributed by atoms with E-state index in [9.17, 15) is 4.79 Å². The molecule has 3 heteroatoms. The third kappa shape index (κ3) is 3.80. The van der Waals surface area contributed by atoms with Crippen LogP contribution in [0.2, 0.25) is 0 Å². The standard InChI is InChI=1S/C18H32N2O/c21-18(15-8-7-13-19-14-15)20(16-9-3-1-4-10-16)17-11-5-2-6-12-17/h15-17,19H,1-14H2/t15-/m0/s1. The second kappa shape index (κ2) is 7.62. The monoisotopic (exact) mass is 292 g/mol. The summed E-state index contributed by atoms with van der Waals surface area (Å²) >= 11 is 0. The third-order valence-corrected chi connectivity index (χ3v) is 5.84. The Labute approximate surface area is 129 Å². The number of nitrogens with one attached hydrogen (secondary N) is 1. The molecule has 1 N–H and O–H groups in total. The summed E-state index contributed by atoms with van der Waals surface area (Å²) in [5.41, 5.74) is 0. The summed E-state index contributed by atoms with van der Waals surface area (Å²) in [6.07, 6.45) is 15.3. The van der Waals surface area contributed by atoms with Crippen LogP contribution in [0.25, 0.3) is 0 Å². The molecule has 0 spiro atoms. The van der Waals surface area contributed by atoms with Crippen molar-refractivity contribution in [1.82, 2.24) is 10.2 Å². The maximum absolute atomic E-state index is 13.2. The first-order chi connectivity index (χ1) is 10.4. The zero-order chi connectivity index (χ0) is 14.5. The zero-order valence-electron chi connectivity index (χ0n) is 13.5. The Morgan fingerprint density at radius 2 is 1.33 bits per heavy atom. The van der Waals surface area contributed by atoms with Crippen LogP contribution in [0.4, 0.5) is 0 Å². The lowest BCUT2D eigenvalue weighted by atomic mass is 9.86. The van der Waals surface area contributed by atoms with E-state index in [2.05, 4.69) is 10.2 Å². The molecule has 0 bridgehead atoms. The van der Waals surface area contributed by atoms with Crippen molar-refractivity contribution in [3.05, 3.63) is 0 Å². The van der Waals surface area contributed by atoms with E-state index < -0.39 is 0 Å². The number of piperidine rings is 1. The molecule has 1 amide bonds. The predicted octanol–water partition coefficient (Wildman–Crippen LogP) is 3.48. The molecular weight excluding hydrogens is 260 g/mol. The van der Waals surface area contributed by atoms with Gasteiger partial charge in [-0.2, -0.15) is 0 Å². The Hall–Kier alpha value is -0.570. The average molecular weight is 292 g/mol. The largest absolute Gasteiger partial charge is 0.336 e. The lowest BCUT2D eigenvalue weighted by molar-refractivity contribution is -0.143. The Kier molecular flexibility index (Phi) is 5.56. The molecule has 1 atom stereocenters. The summed E-state index contributed by atoms with van der Waals surface area (Å²) in [7, 11) is 0. The molecule has 21 heavy (non-hydrogen) atoms. The lowest BCUT2D eigenvalue weighted by Gasteiger charge is -2.44. The van der Waals surface area contributed by atoms with Crippen molar-refractivity contribution in [1.29, 1.82) is 0 Å². The van der Waals surface area contributed by atoms with Gasteiger partial charge in [-0.05, 0) is 45.1 Å². The molecule has 2 saturated carbocycles. The molecular formula is C18H32N2O. The maximum atomic E-state index is 13.2. The summed E-state index contributed by atoms with van der Waals surface area (Å²) in [5.74, 6) is 0.739. The molecule has 0 aromatic heterocycles. The first-order valence-electron chi connectivity index (χ1n) is 9.39. The third-order valence-electron chi connectivity index (χ3n) is 5.84. The minimum absolute atomic E-state index is 0.252. The number of carbonyl (C=O) groups excluding carboxylic acids is 1. The number of nitrogens with zero attached hydrogens (tertiary/aromatic N) is 1. The van der Waals surface area contributed by atoms with E-state index in [1.807, 2.05) is 0 Å². The summed E-state index contributed by atoms with van der Waals surface area (Å²) in [6, 6.07) is 1.10. The zero-order valence-corrected chi connectivity index (χ0v) is 13.5. The molecule has 0 radical (unpaired) electrons. The van der Waals surface area contributed by atoms with E-state index in [0.29, 0.717) is 18.0 Å². The fourth-order valence-electron chi connectivity index (χ4n) is 4.65. The molecule has 3 aliphatic rings. The number of hydrogen-bond acceptors (Lipinski definition) is 2. The van der Waals surface area contributed by atoms with Crippen molar-refractivity contribution >= 4 is 5.91 Å². The minimum Gasteiger partial charge on any atom is -0.336 e. The van der Waals surface area contributed by atoms with Gasteiger partial charge in [-0.3, -0.25) is 4.79 Å². The number of rotatable bonds is 3. The van der Waals surface area contributed by atoms with E-state index in [1.54, 1.807) is 0 Å². The van der Waals surface area contributed by atoms with Gasteiger partial charge in [0, 0.05) is 18.6 Å². The fraction of sp³-hybridized carbons (Fsp3) is 0.944. The first-order valence-corrected chi connectivity index (χ1v) is 9.39. The maximum Gasteiger partial charge on any atom is 0.227 e. The molecule has 3 fully saturated rings.